The number of fused-ring (bicyclic) bond motifs is 1. The first kappa shape index (κ1) is 20.4. The van der Waals surface area contributed by atoms with Gasteiger partial charge in [0.25, 0.3) is 0 Å². The van der Waals surface area contributed by atoms with Crippen molar-refractivity contribution in [2.45, 2.75) is 24.1 Å². The van der Waals surface area contributed by atoms with Gasteiger partial charge in [-0.05, 0) is 0 Å². The maximum atomic E-state index is 13.5. The summed E-state index contributed by atoms with van der Waals surface area (Å²) in [6, 6.07) is 7.15. The van der Waals surface area contributed by atoms with Gasteiger partial charge in [0, 0.05) is 0 Å². The molecule has 0 saturated heterocycles. The molecule has 0 bridgehead atoms. The quantitative estimate of drug-likeness (QED) is 0.355. The van der Waals surface area contributed by atoms with Crippen LogP contribution in [0.2, 0.25) is 0 Å². The molecule has 1 nitrogen and oxygen atoms in total. The Balaban J connectivity index is 2.16. The van der Waals surface area contributed by atoms with E-state index in [4.69, 9.17) is 2.81 Å². The number of alkyl halides is 9. The Morgan fingerprint density at radius 1 is 0.704 bits per heavy atom. The SMILES string of the molecule is FC(F)(F)c1cc[c]([Bi]2[O]C(C(F)(F)F)(C(F)(F)F)c3cccc[c]32)cc1. The molecule has 0 radical (unpaired) electrons. The van der Waals surface area contributed by atoms with E-state index in [-0.39, 0.29) is 6.54 Å². The third kappa shape index (κ3) is 3.22. The van der Waals surface area contributed by atoms with Crippen LogP contribution in [0, 0.1) is 0 Å². The first-order chi connectivity index (χ1) is 12.3. The summed E-state index contributed by atoms with van der Waals surface area (Å²) in [5.41, 5.74) is -6.57. The summed E-state index contributed by atoms with van der Waals surface area (Å²) < 4.78 is 124. The van der Waals surface area contributed by atoms with E-state index in [0.717, 1.165) is 24.3 Å². The van der Waals surface area contributed by atoms with Gasteiger partial charge in [0.15, 0.2) is 0 Å². The molecule has 0 amide bonds. The van der Waals surface area contributed by atoms with Crippen LogP contribution in [0.3, 0.4) is 0 Å². The van der Waals surface area contributed by atoms with E-state index in [1.807, 2.05) is 0 Å². The summed E-state index contributed by atoms with van der Waals surface area (Å²) in [6.07, 6.45) is -16.2. The Kier molecular flexibility index (Phi) is 4.79. The molecule has 1 aliphatic rings. The van der Waals surface area contributed by atoms with E-state index in [1.165, 1.54) is 6.07 Å². The van der Waals surface area contributed by atoms with Gasteiger partial charge in [-0.1, -0.05) is 0 Å². The van der Waals surface area contributed by atoms with E-state index >= 15 is 0 Å². The van der Waals surface area contributed by atoms with Gasteiger partial charge in [0.2, 0.25) is 0 Å². The van der Waals surface area contributed by atoms with Crippen molar-refractivity contribution in [1.29, 1.82) is 0 Å². The van der Waals surface area contributed by atoms with Crippen LogP contribution >= 0.6 is 0 Å². The second-order valence-corrected chi connectivity index (χ2v) is 12.5. The van der Waals surface area contributed by atoms with Crippen LogP contribution < -0.4 is 6.54 Å². The zero-order valence-electron chi connectivity index (χ0n) is 12.9. The maximum absolute atomic E-state index is 13.5. The molecule has 0 N–H and O–H groups in total. The monoisotopic (exact) mass is 596 g/mol. The normalized spacial score (nSPS) is 17.8. The van der Waals surface area contributed by atoms with Crippen LogP contribution in [0.25, 0.3) is 0 Å². The molecule has 2 aromatic carbocycles. The molecule has 0 atom stereocenters. The molecule has 0 unspecified atom stereocenters. The Labute approximate surface area is 155 Å². The summed E-state index contributed by atoms with van der Waals surface area (Å²) in [4.78, 5) is 0. The molecule has 3 rings (SSSR count). The van der Waals surface area contributed by atoms with Crippen molar-refractivity contribution >= 4 is 28.7 Å². The van der Waals surface area contributed by atoms with Crippen LogP contribution in [0.15, 0.2) is 48.5 Å². The Morgan fingerprint density at radius 3 is 1.70 bits per heavy atom. The minimum absolute atomic E-state index is 0.0548. The molecule has 0 fully saturated rings. The van der Waals surface area contributed by atoms with Crippen LogP contribution in [-0.2, 0) is 14.6 Å². The van der Waals surface area contributed by atoms with Crippen molar-refractivity contribution in [3.8, 4) is 0 Å². The summed E-state index contributed by atoms with van der Waals surface area (Å²) in [5.74, 6) is 0. The van der Waals surface area contributed by atoms with Crippen molar-refractivity contribution in [2.75, 3.05) is 0 Å². The molecule has 1 heterocycles. The third-order valence-electron chi connectivity index (χ3n) is 3.96. The van der Waals surface area contributed by atoms with Gasteiger partial charge in [0.05, 0.1) is 0 Å². The average Bonchev–Trinajstić information content (AvgIpc) is 2.90. The van der Waals surface area contributed by atoms with Gasteiger partial charge in [-0.15, -0.1) is 0 Å². The molecular formula is C16H8BiF9O. The van der Waals surface area contributed by atoms with Crippen LogP contribution in [0.1, 0.15) is 11.1 Å². The van der Waals surface area contributed by atoms with Gasteiger partial charge in [0.1, 0.15) is 0 Å². The zero-order chi connectivity index (χ0) is 20.3. The molecular weight excluding hydrogens is 588 g/mol. The molecule has 146 valence electrons. The summed E-state index contributed by atoms with van der Waals surface area (Å²) >= 11 is -4.34. The molecule has 0 spiro atoms. The van der Waals surface area contributed by atoms with Crippen LogP contribution in [0.4, 0.5) is 39.5 Å². The molecule has 0 aromatic heterocycles. The first-order valence-electron chi connectivity index (χ1n) is 7.18. The van der Waals surface area contributed by atoms with Crippen molar-refractivity contribution in [3.63, 3.8) is 0 Å². The fraction of sp³-hybridized carbons (Fsp3) is 0.250. The molecule has 0 aliphatic carbocycles. The number of halogens is 9. The number of hydrogen-bond donors (Lipinski definition) is 0. The molecule has 1 aliphatic heterocycles. The van der Waals surface area contributed by atoms with Crippen molar-refractivity contribution < 1.29 is 42.3 Å². The molecule has 2 aromatic rings. The van der Waals surface area contributed by atoms with E-state index in [1.54, 1.807) is 0 Å². The second-order valence-electron chi connectivity index (χ2n) is 5.62. The average molecular weight is 596 g/mol. The second kappa shape index (κ2) is 6.34. The Bertz CT molecular complexity index is 823. The van der Waals surface area contributed by atoms with E-state index in [0.29, 0.717) is 18.2 Å². The zero-order valence-corrected chi connectivity index (χ0v) is 16.4. The van der Waals surface area contributed by atoms with E-state index < -0.39 is 57.4 Å². The number of rotatable bonds is 1. The van der Waals surface area contributed by atoms with Gasteiger partial charge in [-0.3, -0.25) is 0 Å². The predicted molar refractivity (Wildman–Crippen MR) is 77.8 cm³/mol. The van der Waals surface area contributed by atoms with Crippen LogP contribution in [-0.4, -0.2) is 34.5 Å². The van der Waals surface area contributed by atoms with Gasteiger partial charge < -0.3 is 0 Å². The van der Waals surface area contributed by atoms with Gasteiger partial charge >= 0.3 is 155 Å². The molecule has 11 heteroatoms. The fourth-order valence-corrected chi connectivity index (χ4v) is 11.1. The summed E-state index contributed by atoms with van der Waals surface area (Å²) in [7, 11) is 0. The van der Waals surface area contributed by atoms with Crippen molar-refractivity contribution in [1.82, 2.24) is 0 Å². The standard InChI is InChI=1S/C9H4F6O.C7H4F3.Bi/c10-8(11,12)7(16,9(13,14)15)6-4-2-1-3-5-6;8-7(9,10)6-4-2-1-3-5-6;/h1-4H;2-5H;/q-1;;+1. The van der Waals surface area contributed by atoms with Gasteiger partial charge in [-0.2, -0.15) is 0 Å². The molecule has 0 saturated carbocycles. The minimum atomic E-state index is -5.78. The summed E-state index contributed by atoms with van der Waals surface area (Å²) in [6.45, 7) is 0. The summed E-state index contributed by atoms with van der Waals surface area (Å²) in [5, 5.41) is 0. The van der Waals surface area contributed by atoms with Gasteiger partial charge in [-0.25, -0.2) is 0 Å². The predicted octanol–water partition coefficient (Wildman–Crippen LogP) is 4.16. The van der Waals surface area contributed by atoms with Crippen molar-refractivity contribution in [3.05, 3.63) is 59.7 Å². The Hall–Kier alpha value is -1.35. The van der Waals surface area contributed by atoms with Crippen LogP contribution in [0.5, 0.6) is 0 Å². The number of benzene rings is 2. The number of hydrogen-bond acceptors (Lipinski definition) is 1. The van der Waals surface area contributed by atoms with Crippen molar-refractivity contribution in [2.24, 2.45) is 0 Å². The Morgan fingerprint density at radius 2 is 1.22 bits per heavy atom. The van der Waals surface area contributed by atoms with E-state index in [2.05, 4.69) is 0 Å². The third-order valence-corrected chi connectivity index (χ3v) is 11.9. The first-order valence-corrected chi connectivity index (χ1v) is 12.1. The van der Waals surface area contributed by atoms with E-state index in [9.17, 15) is 39.5 Å². The fourth-order valence-electron chi connectivity index (χ4n) is 2.73. The molecule has 27 heavy (non-hydrogen) atoms. The topological polar surface area (TPSA) is 9.23 Å².